The van der Waals surface area contributed by atoms with Gasteiger partial charge in [-0.25, -0.2) is 4.79 Å². The number of amides is 1. The molecule has 0 radical (unpaired) electrons. The lowest BCUT2D eigenvalue weighted by molar-refractivity contribution is -0.0172. The summed E-state index contributed by atoms with van der Waals surface area (Å²) in [6.45, 7) is 3.12. The van der Waals surface area contributed by atoms with E-state index in [1.54, 1.807) is 0 Å². The van der Waals surface area contributed by atoms with Crippen molar-refractivity contribution >= 4 is 6.09 Å². The highest BCUT2D eigenvalue weighted by Gasteiger charge is 2.51. The first-order valence-corrected chi connectivity index (χ1v) is 4.63. The topological polar surface area (TPSA) is 64.3 Å². The molecule has 1 saturated carbocycles. The van der Waals surface area contributed by atoms with Crippen LogP contribution in [0.4, 0.5) is 4.79 Å². The molecule has 1 saturated heterocycles. The standard InChI is InChI=1S/C10H12N2O2/c1-7(4-11)8-2-10(3-8)5-12(6-10)9(13)14/h2-3,5-6H2,1H3,(H,13,14). The third-order valence-corrected chi connectivity index (χ3v) is 3.20. The smallest absolute Gasteiger partial charge is 0.407 e. The molecule has 2 aliphatic rings. The van der Waals surface area contributed by atoms with Crippen molar-refractivity contribution in [1.29, 1.82) is 5.26 Å². The predicted octanol–water partition coefficient (Wildman–Crippen LogP) is 1.60. The molecule has 14 heavy (non-hydrogen) atoms. The van der Waals surface area contributed by atoms with E-state index in [2.05, 4.69) is 6.07 Å². The Morgan fingerprint density at radius 1 is 1.57 bits per heavy atom. The van der Waals surface area contributed by atoms with Gasteiger partial charge in [0.25, 0.3) is 0 Å². The fourth-order valence-electron chi connectivity index (χ4n) is 2.32. The monoisotopic (exact) mass is 192 g/mol. The van der Waals surface area contributed by atoms with Crippen molar-refractivity contribution in [3.05, 3.63) is 11.1 Å². The minimum absolute atomic E-state index is 0.186. The van der Waals surface area contributed by atoms with E-state index in [1.807, 2.05) is 6.92 Å². The molecule has 4 nitrogen and oxygen atoms in total. The van der Waals surface area contributed by atoms with E-state index < -0.39 is 6.09 Å². The van der Waals surface area contributed by atoms with Gasteiger partial charge in [0.2, 0.25) is 0 Å². The number of nitriles is 1. The molecule has 0 bridgehead atoms. The summed E-state index contributed by atoms with van der Waals surface area (Å²) in [5.74, 6) is 0. The van der Waals surface area contributed by atoms with Crippen LogP contribution in [0.25, 0.3) is 0 Å². The SMILES string of the molecule is CC(C#N)=C1CC2(C1)CN(C(=O)O)C2. The van der Waals surface area contributed by atoms with Crippen molar-refractivity contribution < 1.29 is 9.90 Å². The second kappa shape index (κ2) is 2.74. The molecule has 1 N–H and O–H groups in total. The molecular formula is C10H12N2O2. The van der Waals surface area contributed by atoms with Crippen LogP contribution in [0.3, 0.4) is 0 Å². The number of allylic oxidation sites excluding steroid dienone is 2. The summed E-state index contributed by atoms with van der Waals surface area (Å²) in [6, 6.07) is 2.14. The van der Waals surface area contributed by atoms with E-state index in [9.17, 15) is 4.79 Å². The molecule has 1 heterocycles. The van der Waals surface area contributed by atoms with Crippen molar-refractivity contribution in [3.8, 4) is 6.07 Å². The van der Waals surface area contributed by atoms with Gasteiger partial charge in [-0.15, -0.1) is 0 Å². The third kappa shape index (κ3) is 1.17. The van der Waals surface area contributed by atoms with Crippen molar-refractivity contribution in [2.75, 3.05) is 13.1 Å². The molecule has 74 valence electrons. The normalized spacial score (nSPS) is 22.3. The third-order valence-electron chi connectivity index (χ3n) is 3.20. The molecule has 1 aliphatic heterocycles. The van der Waals surface area contributed by atoms with Gasteiger partial charge in [0, 0.05) is 24.1 Å². The minimum Gasteiger partial charge on any atom is -0.465 e. The molecule has 0 aromatic rings. The number of rotatable bonds is 0. The van der Waals surface area contributed by atoms with Crippen LogP contribution in [0.15, 0.2) is 11.1 Å². The van der Waals surface area contributed by atoms with Crippen LogP contribution >= 0.6 is 0 Å². The Balaban J connectivity index is 1.92. The molecule has 0 atom stereocenters. The van der Waals surface area contributed by atoms with Crippen LogP contribution in [0, 0.1) is 16.7 Å². The molecule has 4 heteroatoms. The first-order valence-electron chi connectivity index (χ1n) is 4.63. The Morgan fingerprint density at radius 3 is 2.57 bits per heavy atom. The highest BCUT2D eigenvalue weighted by Crippen LogP contribution is 2.52. The highest BCUT2D eigenvalue weighted by atomic mass is 16.4. The first kappa shape index (κ1) is 9.07. The molecule has 0 aromatic heterocycles. The predicted molar refractivity (Wildman–Crippen MR) is 49.6 cm³/mol. The van der Waals surface area contributed by atoms with E-state index in [-0.39, 0.29) is 5.41 Å². The molecule has 2 rings (SSSR count). The fraction of sp³-hybridized carbons (Fsp3) is 0.600. The quantitative estimate of drug-likeness (QED) is 0.593. The van der Waals surface area contributed by atoms with Crippen molar-refractivity contribution in [1.82, 2.24) is 4.90 Å². The highest BCUT2D eigenvalue weighted by molar-refractivity contribution is 5.66. The Hall–Kier alpha value is -1.50. The molecule has 1 amide bonds. The number of hydrogen-bond acceptors (Lipinski definition) is 2. The summed E-state index contributed by atoms with van der Waals surface area (Å²) in [7, 11) is 0. The van der Waals surface area contributed by atoms with E-state index >= 15 is 0 Å². The van der Waals surface area contributed by atoms with E-state index in [0.717, 1.165) is 18.4 Å². The van der Waals surface area contributed by atoms with Crippen LogP contribution in [0.1, 0.15) is 19.8 Å². The van der Waals surface area contributed by atoms with Gasteiger partial charge >= 0.3 is 6.09 Å². The van der Waals surface area contributed by atoms with Gasteiger partial charge < -0.3 is 10.0 Å². The second-order valence-electron chi connectivity index (χ2n) is 4.33. The second-order valence-corrected chi connectivity index (χ2v) is 4.33. The van der Waals surface area contributed by atoms with Gasteiger partial charge in [0.1, 0.15) is 0 Å². The molecule has 1 spiro atoms. The lowest BCUT2D eigenvalue weighted by Crippen LogP contribution is -2.61. The Labute approximate surface area is 82.4 Å². The van der Waals surface area contributed by atoms with Crippen LogP contribution in [-0.4, -0.2) is 29.2 Å². The van der Waals surface area contributed by atoms with Crippen LogP contribution < -0.4 is 0 Å². The average Bonchev–Trinajstić information content (AvgIpc) is 1.98. The number of carbonyl (C=O) groups is 1. The first-order chi connectivity index (χ1) is 6.56. The summed E-state index contributed by atoms with van der Waals surface area (Å²) < 4.78 is 0. The van der Waals surface area contributed by atoms with E-state index in [0.29, 0.717) is 13.1 Å². The van der Waals surface area contributed by atoms with Gasteiger partial charge in [-0.3, -0.25) is 0 Å². The van der Waals surface area contributed by atoms with Crippen LogP contribution in [0.2, 0.25) is 0 Å². The van der Waals surface area contributed by atoms with E-state index in [4.69, 9.17) is 10.4 Å². The largest absolute Gasteiger partial charge is 0.465 e. The number of hydrogen-bond donors (Lipinski definition) is 1. The van der Waals surface area contributed by atoms with Gasteiger partial charge in [0.05, 0.1) is 6.07 Å². The zero-order valence-electron chi connectivity index (χ0n) is 8.08. The Morgan fingerprint density at radius 2 is 2.14 bits per heavy atom. The number of carboxylic acid groups (broad SMARTS) is 1. The van der Waals surface area contributed by atoms with Gasteiger partial charge in [-0.05, 0) is 19.8 Å². The lowest BCUT2D eigenvalue weighted by Gasteiger charge is -2.56. The Kier molecular flexibility index (Phi) is 1.78. The summed E-state index contributed by atoms with van der Waals surface area (Å²) in [6.07, 6.45) is 0.997. The van der Waals surface area contributed by atoms with Crippen molar-refractivity contribution in [3.63, 3.8) is 0 Å². The maximum atomic E-state index is 10.5. The maximum absolute atomic E-state index is 10.5. The van der Waals surface area contributed by atoms with Crippen LogP contribution in [0.5, 0.6) is 0 Å². The Bertz CT molecular complexity index is 349. The summed E-state index contributed by atoms with van der Waals surface area (Å²) in [5.41, 5.74) is 2.20. The summed E-state index contributed by atoms with van der Waals surface area (Å²) in [4.78, 5) is 12.0. The molecular weight excluding hydrogens is 180 g/mol. The zero-order valence-corrected chi connectivity index (χ0v) is 8.08. The molecule has 0 aromatic carbocycles. The summed E-state index contributed by atoms with van der Waals surface area (Å²) in [5, 5.41) is 17.3. The van der Waals surface area contributed by atoms with Gasteiger partial charge in [-0.2, -0.15) is 5.26 Å². The zero-order chi connectivity index (χ0) is 10.3. The van der Waals surface area contributed by atoms with Crippen molar-refractivity contribution in [2.45, 2.75) is 19.8 Å². The number of nitrogens with zero attached hydrogens (tertiary/aromatic N) is 2. The maximum Gasteiger partial charge on any atom is 0.407 e. The number of likely N-dealkylation sites (tertiary alicyclic amines) is 1. The van der Waals surface area contributed by atoms with Crippen molar-refractivity contribution in [2.24, 2.45) is 5.41 Å². The molecule has 2 fully saturated rings. The summed E-state index contributed by atoms with van der Waals surface area (Å²) >= 11 is 0. The lowest BCUT2D eigenvalue weighted by atomic mass is 9.60. The molecule has 1 aliphatic carbocycles. The van der Waals surface area contributed by atoms with Gasteiger partial charge in [0.15, 0.2) is 0 Å². The van der Waals surface area contributed by atoms with E-state index in [1.165, 1.54) is 10.5 Å². The van der Waals surface area contributed by atoms with Crippen LogP contribution in [-0.2, 0) is 0 Å². The fourth-order valence-corrected chi connectivity index (χ4v) is 2.32. The average molecular weight is 192 g/mol. The molecule has 0 unspecified atom stereocenters. The minimum atomic E-state index is -0.829. The van der Waals surface area contributed by atoms with Gasteiger partial charge in [-0.1, -0.05) is 5.57 Å².